The first-order valence-corrected chi connectivity index (χ1v) is 4.55. The number of aliphatic hydroxyl groups excluding tert-OH is 2. The molecule has 0 bridgehead atoms. The first-order chi connectivity index (χ1) is 6.27. The summed E-state index contributed by atoms with van der Waals surface area (Å²) in [6, 6.07) is 0.123. The Morgan fingerprint density at radius 2 is 1.85 bits per heavy atom. The largest absolute Gasteiger partial charge is 0.395 e. The Labute approximate surface area is 77.3 Å². The molecule has 0 aromatic rings. The SMILES string of the molecule is O=C(NC1CC1)N(CCO)CCO. The summed E-state index contributed by atoms with van der Waals surface area (Å²) in [6.45, 7) is 0.411. The topological polar surface area (TPSA) is 72.8 Å². The van der Waals surface area contributed by atoms with E-state index in [1.165, 1.54) is 4.90 Å². The molecule has 0 saturated heterocycles. The summed E-state index contributed by atoms with van der Waals surface area (Å²) in [7, 11) is 0. The molecule has 0 atom stereocenters. The molecule has 2 amide bonds. The zero-order valence-electron chi connectivity index (χ0n) is 7.57. The van der Waals surface area contributed by atoms with Gasteiger partial charge in [-0.05, 0) is 12.8 Å². The summed E-state index contributed by atoms with van der Waals surface area (Å²) >= 11 is 0. The number of carbonyl (C=O) groups excluding carboxylic acids is 1. The molecule has 0 aromatic heterocycles. The van der Waals surface area contributed by atoms with Gasteiger partial charge in [-0.3, -0.25) is 0 Å². The van der Waals surface area contributed by atoms with E-state index in [4.69, 9.17) is 10.2 Å². The maximum atomic E-state index is 11.4. The van der Waals surface area contributed by atoms with Crippen molar-refractivity contribution < 1.29 is 15.0 Å². The van der Waals surface area contributed by atoms with Crippen LogP contribution in [0.15, 0.2) is 0 Å². The smallest absolute Gasteiger partial charge is 0.317 e. The van der Waals surface area contributed by atoms with Crippen LogP contribution in [0.25, 0.3) is 0 Å². The van der Waals surface area contributed by atoms with Crippen LogP contribution in [0.1, 0.15) is 12.8 Å². The number of amides is 2. The van der Waals surface area contributed by atoms with Crippen LogP contribution in [-0.4, -0.2) is 53.5 Å². The highest BCUT2D eigenvalue weighted by molar-refractivity contribution is 5.74. The molecule has 0 spiro atoms. The summed E-state index contributed by atoms with van der Waals surface area (Å²) in [5.41, 5.74) is 0. The van der Waals surface area contributed by atoms with Gasteiger partial charge in [0.25, 0.3) is 0 Å². The van der Waals surface area contributed by atoms with Crippen molar-refractivity contribution in [2.45, 2.75) is 18.9 Å². The second kappa shape index (κ2) is 5.04. The van der Waals surface area contributed by atoms with Gasteiger partial charge in [0.1, 0.15) is 0 Å². The number of nitrogens with one attached hydrogen (secondary N) is 1. The third kappa shape index (κ3) is 3.61. The van der Waals surface area contributed by atoms with Gasteiger partial charge in [0, 0.05) is 19.1 Å². The average molecular weight is 188 g/mol. The molecule has 76 valence electrons. The second-order valence-corrected chi connectivity index (χ2v) is 3.16. The Kier molecular flexibility index (Phi) is 3.98. The highest BCUT2D eigenvalue weighted by atomic mass is 16.3. The van der Waals surface area contributed by atoms with Crippen molar-refractivity contribution in [3.05, 3.63) is 0 Å². The predicted molar refractivity (Wildman–Crippen MR) is 47.3 cm³/mol. The zero-order chi connectivity index (χ0) is 9.68. The second-order valence-electron chi connectivity index (χ2n) is 3.16. The van der Waals surface area contributed by atoms with Crippen molar-refractivity contribution in [3.63, 3.8) is 0 Å². The maximum Gasteiger partial charge on any atom is 0.317 e. The summed E-state index contributed by atoms with van der Waals surface area (Å²) < 4.78 is 0. The molecule has 0 heterocycles. The third-order valence-electron chi connectivity index (χ3n) is 1.93. The minimum absolute atomic E-state index is 0.0713. The van der Waals surface area contributed by atoms with Crippen molar-refractivity contribution in [1.29, 1.82) is 0 Å². The Morgan fingerprint density at radius 3 is 2.23 bits per heavy atom. The highest BCUT2D eigenvalue weighted by Gasteiger charge is 2.25. The molecule has 3 N–H and O–H groups in total. The van der Waals surface area contributed by atoms with E-state index in [1.807, 2.05) is 0 Å². The summed E-state index contributed by atoms with van der Waals surface area (Å²) in [6.07, 6.45) is 2.08. The molecule has 5 nitrogen and oxygen atoms in total. The molecule has 0 aromatic carbocycles. The minimum Gasteiger partial charge on any atom is -0.395 e. The van der Waals surface area contributed by atoms with Gasteiger partial charge in [-0.2, -0.15) is 0 Å². The fraction of sp³-hybridized carbons (Fsp3) is 0.875. The quantitative estimate of drug-likeness (QED) is 0.526. The van der Waals surface area contributed by atoms with Gasteiger partial charge >= 0.3 is 6.03 Å². The lowest BCUT2D eigenvalue weighted by molar-refractivity contribution is 0.158. The standard InChI is InChI=1S/C8H16N2O3/c11-5-3-10(4-6-12)8(13)9-7-1-2-7/h7,11-12H,1-6H2,(H,9,13). The molecule has 13 heavy (non-hydrogen) atoms. The normalized spacial score (nSPS) is 15.5. The molecule has 1 aliphatic rings. The third-order valence-corrected chi connectivity index (χ3v) is 1.93. The van der Waals surface area contributed by atoms with E-state index in [2.05, 4.69) is 5.32 Å². The molecule has 1 rings (SSSR count). The van der Waals surface area contributed by atoms with Crippen LogP contribution in [-0.2, 0) is 0 Å². The molecule has 1 saturated carbocycles. The lowest BCUT2D eigenvalue weighted by atomic mass is 10.5. The molecular weight excluding hydrogens is 172 g/mol. The molecule has 5 heteroatoms. The molecule has 0 aliphatic heterocycles. The van der Waals surface area contributed by atoms with Crippen LogP contribution in [0.5, 0.6) is 0 Å². The number of carbonyl (C=O) groups is 1. The fourth-order valence-electron chi connectivity index (χ4n) is 1.05. The molecular formula is C8H16N2O3. The molecule has 0 unspecified atom stereocenters. The average Bonchev–Trinajstić information content (AvgIpc) is 2.88. The van der Waals surface area contributed by atoms with Gasteiger partial charge in [-0.25, -0.2) is 4.79 Å². The van der Waals surface area contributed by atoms with E-state index in [0.717, 1.165) is 12.8 Å². The Morgan fingerprint density at radius 1 is 1.31 bits per heavy atom. The van der Waals surface area contributed by atoms with E-state index >= 15 is 0 Å². The Hall–Kier alpha value is -0.810. The van der Waals surface area contributed by atoms with E-state index in [0.29, 0.717) is 6.04 Å². The van der Waals surface area contributed by atoms with E-state index < -0.39 is 0 Å². The van der Waals surface area contributed by atoms with Gasteiger partial charge < -0.3 is 20.4 Å². The van der Waals surface area contributed by atoms with Gasteiger partial charge in [-0.15, -0.1) is 0 Å². The highest BCUT2D eigenvalue weighted by Crippen LogP contribution is 2.18. The Balaban J connectivity index is 2.27. The van der Waals surface area contributed by atoms with Gasteiger partial charge in [-0.1, -0.05) is 0 Å². The summed E-state index contributed by atoms with van der Waals surface area (Å²) in [5, 5.41) is 20.1. The Bertz CT molecular complexity index is 165. The van der Waals surface area contributed by atoms with Crippen molar-refractivity contribution in [1.82, 2.24) is 10.2 Å². The fourth-order valence-corrected chi connectivity index (χ4v) is 1.05. The van der Waals surface area contributed by atoms with Crippen LogP contribution < -0.4 is 5.32 Å². The number of hydrogen-bond donors (Lipinski definition) is 3. The van der Waals surface area contributed by atoms with Crippen LogP contribution in [0.4, 0.5) is 4.79 Å². The number of rotatable bonds is 5. The van der Waals surface area contributed by atoms with Crippen LogP contribution in [0, 0.1) is 0 Å². The molecule has 1 aliphatic carbocycles. The van der Waals surface area contributed by atoms with Crippen molar-refractivity contribution in [2.75, 3.05) is 26.3 Å². The van der Waals surface area contributed by atoms with Crippen molar-refractivity contribution >= 4 is 6.03 Å². The minimum atomic E-state index is -0.189. The summed E-state index contributed by atoms with van der Waals surface area (Å²) in [4.78, 5) is 12.8. The van der Waals surface area contributed by atoms with E-state index in [1.54, 1.807) is 0 Å². The number of aliphatic hydroxyl groups is 2. The van der Waals surface area contributed by atoms with Crippen molar-refractivity contribution in [2.24, 2.45) is 0 Å². The lowest BCUT2D eigenvalue weighted by Crippen LogP contribution is -2.43. The molecule has 0 radical (unpaired) electrons. The first-order valence-electron chi connectivity index (χ1n) is 4.55. The lowest BCUT2D eigenvalue weighted by Gasteiger charge is -2.20. The van der Waals surface area contributed by atoms with Crippen LogP contribution in [0.2, 0.25) is 0 Å². The molecule has 1 fully saturated rings. The number of hydrogen-bond acceptors (Lipinski definition) is 3. The van der Waals surface area contributed by atoms with Crippen molar-refractivity contribution in [3.8, 4) is 0 Å². The number of urea groups is 1. The number of nitrogens with zero attached hydrogens (tertiary/aromatic N) is 1. The van der Waals surface area contributed by atoms with E-state index in [-0.39, 0.29) is 32.3 Å². The maximum absolute atomic E-state index is 11.4. The predicted octanol–water partition coefficient (Wildman–Crippen LogP) is -0.855. The zero-order valence-corrected chi connectivity index (χ0v) is 7.57. The van der Waals surface area contributed by atoms with E-state index in [9.17, 15) is 4.79 Å². The first kappa shape index (κ1) is 10.3. The van der Waals surface area contributed by atoms with Gasteiger partial charge in [0.2, 0.25) is 0 Å². The van der Waals surface area contributed by atoms with Gasteiger partial charge in [0.15, 0.2) is 0 Å². The van der Waals surface area contributed by atoms with Crippen LogP contribution in [0.3, 0.4) is 0 Å². The summed E-state index contributed by atoms with van der Waals surface area (Å²) in [5.74, 6) is 0. The van der Waals surface area contributed by atoms with Crippen LogP contribution >= 0.6 is 0 Å². The monoisotopic (exact) mass is 188 g/mol. The van der Waals surface area contributed by atoms with Gasteiger partial charge in [0.05, 0.1) is 13.2 Å².